The van der Waals surface area contributed by atoms with Crippen molar-refractivity contribution in [2.24, 2.45) is 5.41 Å². The monoisotopic (exact) mass is 342 g/mol. The Labute approximate surface area is 148 Å². The summed E-state index contributed by atoms with van der Waals surface area (Å²) in [5.74, 6) is 1.23. The Morgan fingerprint density at radius 3 is 2.76 bits per heavy atom. The number of fused-ring (bicyclic) bond motifs is 1. The van der Waals surface area contributed by atoms with Crippen molar-refractivity contribution in [3.63, 3.8) is 0 Å². The molecule has 3 aliphatic rings. The van der Waals surface area contributed by atoms with Crippen molar-refractivity contribution < 1.29 is 14.3 Å². The van der Waals surface area contributed by atoms with Crippen molar-refractivity contribution in [2.75, 3.05) is 26.2 Å². The van der Waals surface area contributed by atoms with Gasteiger partial charge in [-0.3, -0.25) is 9.59 Å². The number of nitrogens with zero attached hydrogens (tertiary/aromatic N) is 2. The van der Waals surface area contributed by atoms with Crippen LogP contribution in [0.4, 0.5) is 0 Å². The van der Waals surface area contributed by atoms with Gasteiger partial charge in [0.1, 0.15) is 5.75 Å². The minimum absolute atomic E-state index is 0.0872. The van der Waals surface area contributed by atoms with Gasteiger partial charge in [0.2, 0.25) is 5.91 Å². The number of likely N-dealkylation sites (tertiary alicyclic amines) is 2. The highest BCUT2D eigenvalue weighted by molar-refractivity contribution is 5.82. The fourth-order valence-electron chi connectivity index (χ4n) is 4.51. The molecule has 3 aliphatic heterocycles. The Bertz CT molecular complexity index is 679. The van der Waals surface area contributed by atoms with E-state index in [4.69, 9.17) is 4.74 Å². The molecule has 1 aromatic carbocycles. The Morgan fingerprint density at radius 2 is 2.04 bits per heavy atom. The molecule has 1 aromatic rings. The van der Waals surface area contributed by atoms with Gasteiger partial charge in [0.05, 0.1) is 0 Å². The molecule has 1 spiro atoms. The molecule has 1 unspecified atom stereocenters. The van der Waals surface area contributed by atoms with Gasteiger partial charge in [0.15, 0.2) is 6.10 Å². The molecule has 25 heavy (non-hydrogen) atoms. The number of amides is 2. The molecule has 5 nitrogen and oxygen atoms in total. The number of para-hydroxylation sites is 1. The van der Waals surface area contributed by atoms with E-state index < -0.39 is 0 Å². The molecule has 4 rings (SSSR count). The molecule has 0 saturated carbocycles. The topological polar surface area (TPSA) is 49.9 Å². The van der Waals surface area contributed by atoms with Crippen LogP contribution < -0.4 is 4.74 Å². The Hall–Kier alpha value is -2.04. The summed E-state index contributed by atoms with van der Waals surface area (Å²) in [4.78, 5) is 28.9. The summed E-state index contributed by atoms with van der Waals surface area (Å²) in [6.45, 7) is 5.17. The number of carbonyl (C=O) groups is 2. The van der Waals surface area contributed by atoms with Gasteiger partial charge in [-0.2, -0.15) is 0 Å². The maximum atomic E-state index is 12.9. The van der Waals surface area contributed by atoms with E-state index in [1.54, 1.807) is 0 Å². The van der Waals surface area contributed by atoms with Crippen LogP contribution in [-0.4, -0.2) is 53.9 Å². The summed E-state index contributed by atoms with van der Waals surface area (Å²) in [6.07, 6.45) is 3.77. The molecule has 1 atom stereocenters. The number of benzene rings is 1. The maximum Gasteiger partial charge on any atom is 0.263 e. The quantitative estimate of drug-likeness (QED) is 0.828. The van der Waals surface area contributed by atoms with E-state index in [0.717, 1.165) is 57.6 Å². The summed E-state index contributed by atoms with van der Waals surface area (Å²) in [5.41, 5.74) is 1.28. The lowest BCUT2D eigenvalue weighted by molar-refractivity contribution is -0.141. The van der Waals surface area contributed by atoms with Crippen LogP contribution in [-0.2, 0) is 16.0 Å². The number of piperidine rings is 1. The van der Waals surface area contributed by atoms with Gasteiger partial charge < -0.3 is 14.5 Å². The molecule has 0 aromatic heterocycles. The normalized spacial score (nSPS) is 25.0. The number of carbonyl (C=O) groups excluding carboxylic acids is 2. The lowest BCUT2D eigenvalue weighted by atomic mass is 9.77. The fourth-order valence-corrected chi connectivity index (χ4v) is 4.51. The fraction of sp³-hybridized carbons (Fsp3) is 0.600. The summed E-state index contributed by atoms with van der Waals surface area (Å²) in [7, 11) is 0. The summed E-state index contributed by atoms with van der Waals surface area (Å²) in [6, 6.07) is 7.98. The zero-order valence-corrected chi connectivity index (χ0v) is 14.9. The highest BCUT2D eigenvalue weighted by atomic mass is 16.5. The second-order valence-electron chi connectivity index (χ2n) is 7.66. The van der Waals surface area contributed by atoms with Gasteiger partial charge in [-0.25, -0.2) is 0 Å². The summed E-state index contributed by atoms with van der Waals surface area (Å²) >= 11 is 0. The number of ether oxygens (including phenoxy) is 1. The predicted molar refractivity (Wildman–Crippen MR) is 94.3 cm³/mol. The van der Waals surface area contributed by atoms with Crippen LogP contribution in [0.25, 0.3) is 0 Å². The van der Waals surface area contributed by atoms with Gasteiger partial charge in [-0.15, -0.1) is 0 Å². The highest BCUT2D eigenvalue weighted by Gasteiger charge is 2.45. The van der Waals surface area contributed by atoms with Gasteiger partial charge in [0, 0.05) is 38.0 Å². The molecule has 0 aliphatic carbocycles. The van der Waals surface area contributed by atoms with Crippen molar-refractivity contribution in [1.82, 2.24) is 9.80 Å². The largest absolute Gasteiger partial charge is 0.480 e. The van der Waals surface area contributed by atoms with Crippen LogP contribution in [0.3, 0.4) is 0 Å². The molecule has 0 radical (unpaired) electrons. The first-order chi connectivity index (χ1) is 12.1. The standard InChI is InChI=1S/C20H26N2O3/c1-2-21-14-20(13-18(21)23)9-11-22(12-10-20)19(24)17-8-7-15-5-3-4-6-16(15)25-17/h3-6,17H,2,7-14H2,1H3. The van der Waals surface area contributed by atoms with Gasteiger partial charge in [-0.1, -0.05) is 18.2 Å². The van der Waals surface area contributed by atoms with Crippen LogP contribution in [0.15, 0.2) is 24.3 Å². The van der Waals surface area contributed by atoms with Gasteiger partial charge in [0.25, 0.3) is 5.91 Å². The first-order valence-corrected chi connectivity index (χ1v) is 9.41. The lowest BCUT2D eigenvalue weighted by Gasteiger charge is -2.40. The zero-order valence-electron chi connectivity index (χ0n) is 14.9. The minimum Gasteiger partial charge on any atom is -0.480 e. The van der Waals surface area contributed by atoms with Crippen molar-refractivity contribution in [3.8, 4) is 5.75 Å². The first-order valence-electron chi connectivity index (χ1n) is 9.41. The molecular formula is C20H26N2O3. The predicted octanol–water partition coefficient (Wildman–Crippen LogP) is 2.24. The van der Waals surface area contributed by atoms with E-state index in [9.17, 15) is 9.59 Å². The van der Waals surface area contributed by atoms with Crippen molar-refractivity contribution in [2.45, 2.75) is 45.1 Å². The maximum absolute atomic E-state index is 12.9. The average Bonchev–Trinajstić information content (AvgIpc) is 2.96. The molecule has 0 N–H and O–H groups in total. The van der Waals surface area contributed by atoms with Crippen LogP contribution in [0.1, 0.15) is 38.2 Å². The highest BCUT2D eigenvalue weighted by Crippen LogP contribution is 2.41. The van der Waals surface area contributed by atoms with E-state index >= 15 is 0 Å². The van der Waals surface area contributed by atoms with E-state index in [1.807, 2.05) is 34.9 Å². The Morgan fingerprint density at radius 1 is 1.28 bits per heavy atom. The molecule has 0 bridgehead atoms. The van der Waals surface area contributed by atoms with Gasteiger partial charge >= 0.3 is 0 Å². The second-order valence-corrected chi connectivity index (χ2v) is 7.66. The number of hydrogen-bond donors (Lipinski definition) is 0. The van der Waals surface area contributed by atoms with E-state index in [0.29, 0.717) is 6.42 Å². The number of rotatable bonds is 2. The number of aryl methyl sites for hydroxylation is 1. The molecule has 134 valence electrons. The lowest BCUT2D eigenvalue weighted by Crippen LogP contribution is -2.49. The molecule has 5 heteroatoms. The minimum atomic E-state index is -0.360. The van der Waals surface area contributed by atoms with Crippen LogP contribution in [0.2, 0.25) is 0 Å². The first kappa shape index (κ1) is 16.4. The van der Waals surface area contributed by atoms with E-state index in [2.05, 4.69) is 6.07 Å². The third-order valence-corrected chi connectivity index (χ3v) is 6.12. The van der Waals surface area contributed by atoms with E-state index in [-0.39, 0.29) is 23.3 Å². The third kappa shape index (κ3) is 3.00. The molecule has 2 saturated heterocycles. The van der Waals surface area contributed by atoms with E-state index in [1.165, 1.54) is 5.56 Å². The van der Waals surface area contributed by atoms with Crippen LogP contribution >= 0.6 is 0 Å². The van der Waals surface area contributed by atoms with Crippen LogP contribution in [0.5, 0.6) is 5.75 Å². The zero-order chi connectivity index (χ0) is 17.4. The Balaban J connectivity index is 1.37. The number of hydrogen-bond acceptors (Lipinski definition) is 3. The Kier molecular flexibility index (Phi) is 4.18. The average molecular weight is 342 g/mol. The molecule has 3 heterocycles. The second kappa shape index (κ2) is 6.36. The molecule has 2 amide bonds. The van der Waals surface area contributed by atoms with Crippen molar-refractivity contribution >= 4 is 11.8 Å². The summed E-state index contributed by atoms with van der Waals surface area (Å²) < 4.78 is 5.96. The smallest absolute Gasteiger partial charge is 0.263 e. The molecular weight excluding hydrogens is 316 g/mol. The summed E-state index contributed by atoms with van der Waals surface area (Å²) in [5, 5.41) is 0. The van der Waals surface area contributed by atoms with Crippen LogP contribution in [0, 0.1) is 5.41 Å². The molecule has 2 fully saturated rings. The SMILES string of the molecule is CCN1CC2(CCN(C(=O)C3CCc4ccccc4O3)CC2)CC1=O. The van der Waals surface area contributed by atoms with Gasteiger partial charge in [-0.05, 0) is 44.2 Å². The third-order valence-electron chi connectivity index (χ3n) is 6.12. The van der Waals surface area contributed by atoms with Crippen molar-refractivity contribution in [3.05, 3.63) is 29.8 Å². The van der Waals surface area contributed by atoms with Crippen molar-refractivity contribution in [1.29, 1.82) is 0 Å².